The molecule has 0 saturated carbocycles. The fraction of sp³-hybridized carbons (Fsp3) is 0.714. The van der Waals surface area contributed by atoms with E-state index in [1.807, 2.05) is 11.3 Å². The molecular formula is C14H25NS. The molecule has 1 unspecified atom stereocenters. The van der Waals surface area contributed by atoms with Gasteiger partial charge in [-0.1, -0.05) is 33.1 Å². The van der Waals surface area contributed by atoms with E-state index in [1.54, 1.807) is 0 Å². The molecule has 92 valence electrons. The van der Waals surface area contributed by atoms with Crippen LogP contribution in [0.25, 0.3) is 0 Å². The molecule has 0 bridgehead atoms. The van der Waals surface area contributed by atoms with Crippen molar-refractivity contribution >= 4 is 11.3 Å². The molecule has 16 heavy (non-hydrogen) atoms. The van der Waals surface area contributed by atoms with Crippen LogP contribution in [0.5, 0.6) is 0 Å². The maximum absolute atomic E-state index is 3.68. The van der Waals surface area contributed by atoms with Gasteiger partial charge in [0.15, 0.2) is 0 Å². The highest BCUT2D eigenvalue weighted by Gasteiger charge is 2.12. The van der Waals surface area contributed by atoms with Crippen LogP contribution in [0.4, 0.5) is 0 Å². The van der Waals surface area contributed by atoms with Gasteiger partial charge < -0.3 is 5.32 Å². The van der Waals surface area contributed by atoms with Gasteiger partial charge in [-0.15, -0.1) is 0 Å². The lowest BCUT2D eigenvalue weighted by Gasteiger charge is -2.18. The fourth-order valence-electron chi connectivity index (χ4n) is 2.01. The molecule has 1 aromatic rings. The van der Waals surface area contributed by atoms with Crippen molar-refractivity contribution in [2.24, 2.45) is 0 Å². The Balaban J connectivity index is 2.53. The molecule has 1 heterocycles. The Bertz CT molecular complexity index is 280. The number of aryl methyl sites for hydroxylation is 1. The van der Waals surface area contributed by atoms with Crippen LogP contribution in [0.2, 0.25) is 0 Å². The minimum atomic E-state index is 0.581. The Morgan fingerprint density at radius 3 is 2.56 bits per heavy atom. The van der Waals surface area contributed by atoms with Crippen LogP contribution in [-0.2, 0) is 0 Å². The molecule has 0 fully saturated rings. The quantitative estimate of drug-likeness (QED) is 0.650. The SMILES string of the molecule is CCCCCC(NCCC)c1cscc1C. The lowest BCUT2D eigenvalue weighted by molar-refractivity contribution is 0.474. The molecular weight excluding hydrogens is 214 g/mol. The number of hydrogen-bond donors (Lipinski definition) is 1. The Morgan fingerprint density at radius 2 is 2.00 bits per heavy atom. The highest BCUT2D eigenvalue weighted by Crippen LogP contribution is 2.26. The Morgan fingerprint density at radius 1 is 1.19 bits per heavy atom. The summed E-state index contributed by atoms with van der Waals surface area (Å²) in [4.78, 5) is 0. The molecule has 0 aliphatic carbocycles. The second-order valence-electron chi connectivity index (χ2n) is 4.51. The average Bonchev–Trinajstić information content (AvgIpc) is 2.70. The van der Waals surface area contributed by atoms with Gasteiger partial charge in [0.2, 0.25) is 0 Å². The van der Waals surface area contributed by atoms with Crippen molar-refractivity contribution in [3.63, 3.8) is 0 Å². The Labute approximate surface area is 104 Å². The molecule has 0 spiro atoms. The van der Waals surface area contributed by atoms with Gasteiger partial charge in [0, 0.05) is 6.04 Å². The maximum Gasteiger partial charge on any atom is 0.0331 e. The topological polar surface area (TPSA) is 12.0 Å². The first-order valence-electron chi connectivity index (χ1n) is 6.55. The van der Waals surface area contributed by atoms with E-state index in [0.29, 0.717) is 6.04 Å². The van der Waals surface area contributed by atoms with E-state index in [-0.39, 0.29) is 0 Å². The van der Waals surface area contributed by atoms with Crippen molar-refractivity contribution in [3.8, 4) is 0 Å². The number of unbranched alkanes of at least 4 members (excludes halogenated alkanes) is 2. The fourth-order valence-corrected chi connectivity index (χ4v) is 2.92. The van der Waals surface area contributed by atoms with Crippen molar-refractivity contribution in [3.05, 3.63) is 21.9 Å². The van der Waals surface area contributed by atoms with Crippen LogP contribution in [-0.4, -0.2) is 6.54 Å². The third-order valence-electron chi connectivity index (χ3n) is 3.01. The summed E-state index contributed by atoms with van der Waals surface area (Å²) in [6.45, 7) is 7.86. The van der Waals surface area contributed by atoms with Crippen molar-refractivity contribution in [1.82, 2.24) is 5.32 Å². The van der Waals surface area contributed by atoms with E-state index >= 15 is 0 Å². The van der Waals surface area contributed by atoms with Crippen molar-refractivity contribution < 1.29 is 0 Å². The first-order valence-corrected chi connectivity index (χ1v) is 7.49. The second kappa shape index (κ2) is 7.86. The average molecular weight is 239 g/mol. The number of thiophene rings is 1. The summed E-state index contributed by atoms with van der Waals surface area (Å²) in [7, 11) is 0. The van der Waals surface area contributed by atoms with Crippen LogP contribution in [0.1, 0.15) is 63.1 Å². The largest absolute Gasteiger partial charge is 0.310 e. The van der Waals surface area contributed by atoms with Gasteiger partial charge in [-0.25, -0.2) is 0 Å². The molecule has 0 radical (unpaired) electrons. The normalized spacial score (nSPS) is 12.9. The van der Waals surface area contributed by atoms with E-state index in [4.69, 9.17) is 0 Å². The summed E-state index contributed by atoms with van der Waals surface area (Å²) in [5.41, 5.74) is 2.98. The summed E-state index contributed by atoms with van der Waals surface area (Å²) in [6, 6.07) is 0.581. The van der Waals surface area contributed by atoms with Crippen LogP contribution in [0, 0.1) is 6.92 Å². The third-order valence-corrected chi connectivity index (χ3v) is 3.89. The Hall–Kier alpha value is -0.340. The van der Waals surface area contributed by atoms with Crippen molar-refractivity contribution in [2.45, 2.75) is 58.9 Å². The summed E-state index contributed by atoms with van der Waals surface area (Å²) < 4.78 is 0. The van der Waals surface area contributed by atoms with Crippen LogP contribution in [0.15, 0.2) is 10.8 Å². The van der Waals surface area contributed by atoms with Gasteiger partial charge in [-0.3, -0.25) is 0 Å². The highest BCUT2D eigenvalue weighted by molar-refractivity contribution is 7.08. The molecule has 1 nitrogen and oxygen atoms in total. The summed E-state index contributed by atoms with van der Waals surface area (Å²) in [5, 5.41) is 8.25. The standard InChI is InChI=1S/C14H25NS/c1-4-6-7-8-14(15-9-5-2)13-11-16-10-12(13)3/h10-11,14-15H,4-9H2,1-3H3. The summed E-state index contributed by atoms with van der Waals surface area (Å²) in [5.74, 6) is 0. The molecule has 1 atom stereocenters. The molecule has 1 aromatic heterocycles. The predicted octanol–water partition coefficient (Wildman–Crippen LogP) is 4.68. The highest BCUT2D eigenvalue weighted by atomic mass is 32.1. The van der Waals surface area contributed by atoms with Gasteiger partial charge >= 0.3 is 0 Å². The van der Waals surface area contributed by atoms with E-state index in [0.717, 1.165) is 6.54 Å². The monoisotopic (exact) mass is 239 g/mol. The van der Waals surface area contributed by atoms with Gasteiger partial charge in [0.25, 0.3) is 0 Å². The molecule has 0 saturated heterocycles. The zero-order valence-corrected chi connectivity index (χ0v) is 11.7. The van der Waals surface area contributed by atoms with Gasteiger partial charge in [-0.2, -0.15) is 11.3 Å². The number of rotatable bonds is 8. The minimum Gasteiger partial charge on any atom is -0.310 e. The third kappa shape index (κ3) is 4.26. The number of hydrogen-bond acceptors (Lipinski definition) is 2. The molecule has 0 aliphatic heterocycles. The zero-order chi connectivity index (χ0) is 11.8. The zero-order valence-electron chi connectivity index (χ0n) is 10.9. The van der Waals surface area contributed by atoms with Gasteiger partial charge in [0.05, 0.1) is 0 Å². The molecule has 2 heteroatoms. The molecule has 0 amide bonds. The molecule has 1 N–H and O–H groups in total. The number of nitrogens with one attached hydrogen (secondary N) is 1. The minimum absolute atomic E-state index is 0.581. The summed E-state index contributed by atoms with van der Waals surface area (Å²) >= 11 is 1.83. The van der Waals surface area contributed by atoms with Crippen LogP contribution in [0.3, 0.4) is 0 Å². The maximum atomic E-state index is 3.68. The van der Waals surface area contributed by atoms with Crippen LogP contribution >= 0.6 is 11.3 Å². The van der Waals surface area contributed by atoms with Crippen molar-refractivity contribution in [2.75, 3.05) is 6.54 Å². The molecule has 0 aliphatic rings. The van der Waals surface area contributed by atoms with E-state index in [2.05, 4.69) is 36.8 Å². The molecule has 1 rings (SSSR count). The first-order chi connectivity index (χ1) is 7.79. The van der Waals surface area contributed by atoms with Crippen molar-refractivity contribution in [1.29, 1.82) is 0 Å². The van der Waals surface area contributed by atoms with E-state index in [1.165, 1.54) is 43.2 Å². The molecule has 0 aromatic carbocycles. The lowest BCUT2D eigenvalue weighted by atomic mass is 10.00. The van der Waals surface area contributed by atoms with E-state index < -0.39 is 0 Å². The smallest absolute Gasteiger partial charge is 0.0331 e. The second-order valence-corrected chi connectivity index (χ2v) is 5.26. The lowest BCUT2D eigenvalue weighted by Crippen LogP contribution is -2.22. The Kier molecular flexibility index (Phi) is 6.74. The van der Waals surface area contributed by atoms with Gasteiger partial charge in [-0.05, 0) is 48.2 Å². The first kappa shape index (κ1) is 13.7. The van der Waals surface area contributed by atoms with E-state index in [9.17, 15) is 0 Å². The summed E-state index contributed by atoms with van der Waals surface area (Å²) in [6.07, 6.45) is 6.50. The predicted molar refractivity (Wildman–Crippen MR) is 74.2 cm³/mol. The van der Waals surface area contributed by atoms with Gasteiger partial charge in [0.1, 0.15) is 0 Å². The van der Waals surface area contributed by atoms with Crippen LogP contribution < -0.4 is 5.32 Å².